The molecule has 1 heterocycles. The van der Waals surface area contributed by atoms with Crippen molar-refractivity contribution >= 4 is 11.9 Å². The number of carbonyl (C=O) groups excluding carboxylic acids is 1. The van der Waals surface area contributed by atoms with Crippen LogP contribution in [0.2, 0.25) is 0 Å². The number of amides is 1. The van der Waals surface area contributed by atoms with E-state index in [0.29, 0.717) is 19.4 Å². The minimum Gasteiger partial charge on any atom is -0.493 e. The number of fused-ring (bicyclic) bond motifs is 1. The Morgan fingerprint density at radius 2 is 2.00 bits per heavy atom. The van der Waals surface area contributed by atoms with Gasteiger partial charge in [-0.05, 0) is 25.3 Å². The topological polar surface area (TPSA) is 75.6 Å². The lowest BCUT2D eigenvalue weighted by Crippen LogP contribution is -2.43. The fourth-order valence-corrected chi connectivity index (χ4v) is 3.33. The first-order valence-electron chi connectivity index (χ1n) is 7.41. The number of para-hydroxylation sites is 1. The summed E-state index contributed by atoms with van der Waals surface area (Å²) in [5.74, 6) is -0.840. The predicted molar refractivity (Wildman–Crippen MR) is 76.2 cm³/mol. The number of hydrogen-bond acceptors (Lipinski definition) is 3. The summed E-state index contributed by atoms with van der Waals surface area (Å²) in [5.41, 5.74) is 0.895. The van der Waals surface area contributed by atoms with E-state index in [1.54, 1.807) is 0 Å². The van der Waals surface area contributed by atoms with Crippen LogP contribution in [0, 0.1) is 5.92 Å². The molecule has 1 aliphatic carbocycles. The molecule has 5 nitrogen and oxygen atoms in total. The first kappa shape index (κ1) is 13.9. The van der Waals surface area contributed by atoms with E-state index in [1.807, 2.05) is 24.3 Å². The minimum absolute atomic E-state index is 0.0797. The summed E-state index contributed by atoms with van der Waals surface area (Å²) in [6.07, 6.45) is 2.87. The highest BCUT2D eigenvalue weighted by molar-refractivity contribution is 5.85. The van der Waals surface area contributed by atoms with Crippen LogP contribution in [0.15, 0.2) is 24.3 Å². The average molecular weight is 289 g/mol. The summed E-state index contributed by atoms with van der Waals surface area (Å²) >= 11 is 0. The number of ether oxygens (including phenoxy) is 1. The van der Waals surface area contributed by atoms with Crippen molar-refractivity contribution in [3.05, 3.63) is 29.8 Å². The van der Waals surface area contributed by atoms with Crippen LogP contribution in [0.4, 0.5) is 0 Å². The Hall–Kier alpha value is -2.04. The Labute approximate surface area is 123 Å². The summed E-state index contributed by atoms with van der Waals surface area (Å²) in [6, 6.07) is 7.30. The second-order valence-electron chi connectivity index (χ2n) is 5.72. The number of rotatable bonds is 3. The Morgan fingerprint density at radius 1 is 1.19 bits per heavy atom. The van der Waals surface area contributed by atoms with Crippen LogP contribution in [-0.4, -0.2) is 29.6 Å². The first-order valence-corrected chi connectivity index (χ1v) is 7.41. The molecule has 0 bridgehead atoms. The summed E-state index contributed by atoms with van der Waals surface area (Å²) in [7, 11) is 0. The molecule has 1 unspecified atom stereocenters. The van der Waals surface area contributed by atoms with E-state index < -0.39 is 11.9 Å². The number of carbonyl (C=O) groups is 2. The fourth-order valence-electron chi connectivity index (χ4n) is 3.33. The van der Waals surface area contributed by atoms with Crippen LogP contribution >= 0.6 is 0 Å². The van der Waals surface area contributed by atoms with Gasteiger partial charge in [0.2, 0.25) is 5.91 Å². The molecule has 0 saturated heterocycles. The maximum absolute atomic E-state index is 12.5. The SMILES string of the molecule is O=C(N[C@H]1CCC[C@H]1C(=O)O)C1CCOc2ccccc21. The van der Waals surface area contributed by atoms with Crippen LogP contribution in [0.3, 0.4) is 0 Å². The maximum Gasteiger partial charge on any atom is 0.308 e. The summed E-state index contributed by atoms with van der Waals surface area (Å²) in [6.45, 7) is 0.516. The van der Waals surface area contributed by atoms with Crippen molar-refractivity contribution < 1.29 is 19.4 Å². The van der Waals surface area contributed by atoms with E-state index in [0.717, 1.165) is 24.2 Å². The molecule has 5 heteroatoms. The Morgan fingerprint density at radius 3 is 2.81 bits per heavy atom. The molecule has 1 amide bonds. The number of carboxylic acid groups (broad SMARTS) is 1. The van der Waals surface area contributed by atoms with E-state index in [2.05, 4.69) is 5.32 Å². The Kier molecular flexibility index (Phi) is 3.82. The summed E-state index contributed by atoms with van der Waals surface area (Å²) in [4.78, 5) is 23.7. The molecule has 112 valence electrons. The number of hydrogen-bond donors (Lipinski definition) is 2. The molecule has 1 aromatic rings. The van der Waals surface area contributed by atoms with Gasteiger partial charge in [0.05, 0.1) is 18.4 Å². The summed E-state index contributed by atoms with van der Waals surface area (Å²) in [5, 5.41) is 12.1. The highest BCUT2D eigenvalue weighted by Gasteiger charge is 2.36. The average Bonchev–Trinajstić information content (AvgIpc) is 2.95. The number of carboxylic acids is 1. The zero-order chi connectivity index (χ0) is 14.8. The Bertz CT molecular complexity index is 557. The molecular weight excluding hydrogens is 270 g/mol. The molecule has 1 saturated carbocycles. The number of nitrogens with one attached hydrogen (secondary N) is 1. The quantitative estimate of drug-likeness (QED) is 0.891. The molecule has 21 heavy (non-hydrogen) atoms. The van der Waals surface area contributed by atoms with Gasteiger partial charge in [0.25, 0.3) is 0 Å². The third kappa shape index (κ3) is 2.73. The maximum atomic E-state index is 12.5. The van der Waals surface area contributed by atoms with Crippen LogP contribution in [0.1, 0.15) is 37.2 Å². The van der Waals surface area contributed by atoms with E-state index in [4.69, 9.17) is 4.74 Å². The lowest BCUT2D eigenvalue weighted by molar-refractivity contribution is -0.142. The van der Waals surface area contributed by atoms with Crippen molar-refractivity contribution in [1.29, 1.82) is 0 Å². The fraction of sp³-hybridized carbons (Fsp3) is 0.500. The Balaban J connectivity index is 1.73. The van der Waals surface area contributed by atoms with E-state index in [-0.39, 0.29) is 17.9 Å². The molecule has 1 aromatic carbocycles. The lowest BCUT2D eigenvalue weighted by atomic mass is 9.91. The van der Waals surface area contributed by atoms with Gasteiger partial charge in [-0.1, -0.05) is 24.6 Å². The van der Waals surface area contributed by atoms with Gasteiger partial charge in [-0.2, -0.15) is 0 Å². The smallest absolute Gasteiger partial charge is 0.308 e. The highest BCUT2D eigenvalue weighted by atomic mass is 16.5. The zero-order valence-corrected chi connectivity index (χ0v) is 11.7. The number of aliphatic carboxylic acids is 1. The summed E-state index contributed by atoms with van der Waals surface area (Å²) < 4.78 is 5.56. The van der Waals surface area contributed by atoms with Gasteiger partial charge in [-0.15, -0.1) is 0 Å². The van der Waals surface area contributed by atoms with Gasteiger partial charge in [0.15, 0.2) is 0 Å². The van der Waals surface area contributed by atoms with Gasteiger partial charge in [-0.3, -0.25) is 9.59 Å². The second kappa shape index (κ2) is 5.76. The number of benzene rings is 1. The van der Waals surface area contributed by atoms with Crippen molar-refractivity contribution in [3.8, 4) is 5.75 Å². The van der Waals surface area contributed by atoms with Gasteiger partial charge in [0.1, 0.15) is 5.75 Å². The van der Waals surface area contributed by atoms with E-state index in [1.165, 1.54) is 0 Å². The van der Waals surface area contributed by atoms with Gasteiger partial charge < -0.3 is 15.2 Å². The van der Waals surface area contributed by atoms with Gasteiger partial charge in [-0.25, -0.2) is 0 Å². The van der Waals surface area contributed by atoms with Crippen molar-refractivity contribution in [1.82, 2.24) is 5.32 Å². The molecule has 3 rings (SSSR count). The van der Waals surface area contributed by atoms with Crippen molar-refractivity contribution in [2.24, 2.45) is 5.92 Å². The van der Waals surface area contributed by atoms with Crippen LogP contribution in [-0.2, 0) is 9.59 Å². The van der Waals surface area contributed by atoms with E-state index >= 15 is 0 Å². The molecule has 2 N–H and O–H groups in total. The first-order chi connectivity index (χ1) is 10.2. The highest BCUT2D eigenvalue weighted by Crippen LogP contribution is 2.34. The second-order valence-corrected chi connectivity index (χ2v) is 5.72. The monoisotopic (exact) mass is 289 g/mol. The zero-order valence-electron chi connectivity index (χ0n) is 11.7. The molecular formula is C16H19NO4. The third-order valence-corrected chi connectivity index (χ3v) is 4.44. The van der Waals surface area contributed by atoms with E-state index in [9.17, 15) is 14.7 Å². The molecule has 1 fully saturated rings. The van der Waals surface area contributed by atoms with Gasteiger partial charge in [0, 0.05) is 11.6 Å². The van der Waals surface area contributed by atoms with Crippen molar-refractivity contribution in [3.63, 3.8) is 0 Å². The minimum atomic E-state index is -0.815. The molecule has 0 aromatic heterocycles. The van der Waals surface area contributed by atoms with Crippen LogP contribution in [0.25, 0.3) is 0 Å². The largest absolute Gasteiger partial charge is 0.493 e. The standard InChI is InChI=1S/C16H19NO4/c18-15(17-13-6-3-5-12(13)16(19)20)11-8-9-21-14-7-2-1-4-10(11)14/h1-2,4,7,11-13H,3,5-6,8-9H2,(H,17,18)(H,19,20)/t11?,12-,13+/m1/s1. The molecule has 1 aliphatic heterocycles. The van der Waals surface area contributed by atoms with Gasteiger partial charge >= 0.3 is 5.97 Å². The predicted octanol–water partition coefficient (Wildman–Crippen LogP) is 1.92. The lowest BCUT2D eigenvalue weighted by Gasteiger charge is -2.27. The molecule has 0 radical (unpaired) electrons. The van der Waals surface area contributed by atoms with Crippen molar-refractivity contribution in [2.45, 2.75) is 37.6 Å². The van der Waals surface area contributed by atoms with Crippen LogP contribution in [0.5, 0.6) is 5.75 Å². The molecule has 3 atom stereocenters. The van der Waals surface area contributed by atoms with Crippen molar-refractivity contribution in [2.75, 3.05) is 6.61 Å². The molecule has 2 aliphatic rings. The third-order valence-electron chi connectivity index (χ3n) is 4.44. The normalized spacial score (nSPS) is 27.5. The molecule has 0 spiro atoms. The van der Waals surface area contributed by atoms with Crippen LogP contribution < -0.4 is 10.1 Å².